The van der Waals surface area contributed by atoms with E-state index < -0.39 is 0 Å². The van der Waals surface area contributed by atoms with Gasteiger partial charge in [-0.1, -0.05) is 35.8 Å². The van der Waals surface area contributed by atoms with Crippen LogP contribution in [-0.4, -0.2) is 10.9 Å². The first kappa shape index (κ1) is 13.9. The number of benzene rings is 1. The molecule has 1 aliphatic rings. The van der Waals surface area contributed by atoms with Gasteiger partial charge in [0.1, 0.15) is 11.9 Å². The Morgan fingerprint density at radius 1 is 1.17 bits per heavy atom. The Bertz CT molecular complexity index is 403. The highest BCUT2D eigenvalue weighted by molar-refractivity contribution is 9.09. The molecule has 0 spiro atoms. The number of alkyl halides is 1. The van der Waals surface area contributed by atoms with Crippen LogP contribution in [0.5, 0.6) is 5.75 Å². The number of hydrogen-bond donors (Lipinski definition) is 0. The Labute approximate surface area is 119 Å². The summed E-state index contributed by atoms with van der Waals surface area (Å²) in [4.78, 5) is 0.607. The smallest absolute Gasteiger partial charge is 0.120 e. The van der Waals surface area contributed by atoms with Crippen LogP contribution in [-0.2, 0) is 0 Å². The predicted octanol–water partition coefficient (Wildman–Crippen LogP) is 5.02. The third-order valence-electron chi connectivity index (χ3n) is 4.48. The van der Waals surface area contributed by atoms with Gasteiger partial charge < -0.3 is 4.74 Å². The number of ether oxygens (including phenoxy) is 1. The summed E-state index contributed by atoms with van der Waals surface area (Å²) in [6, 6.07) is 6.48. The first-order valence-corrected chi connectivity index (χ1v) is 7.82. The van der Waals surface area contributed by atoms with E-state index in [0.29, 0.717) is 16.3 Å². The van der Waals surface area contributed by atoms with Gasteiger partial charge in [-0.3, -0.25) is 0 Å². The van der Waals surface area contributed by atoms with Crippen molar-refractivity contribution in [2.75, 3.05) is 0 Å². The van der Waals surface area contributed by atoms with Crippen molar-refractivity contribution in [2.45, 2.75) is 57.9 Å². The van der Waals surface area contributed by atoms with Gasteiger partial charge in [0.15, 0.2) is 0 Å². The fourth-order valence-corrected chi connectivity index (χ4v) is 4.46. The van der Waals surface area contributed by atoms with Crippen molar-refractivity contribution in [3.05, 3.63) is 29.3 Å². The Hall–Kier alpha value is -0.500. The summed E-state index contributed by atoms with van der Waals surface area (Å²) in [6.45, 7) is 8.80. The topological polar surface area (TPSA) is 9.23 Å². The molecule has 1 fully saturated rings. The molecule has 1 nitrogen and oxygen atoms in total. The predicted molar refractivity (Wildman–Crippen MR) is 80.7 cm³/mol. The average Bonchev–Trinajstić information content (AvgIpc) is 2.29. The molecule has 2 unspecified atom stereocenters. The van der Waals surface area contributed by atoms with E-state index in [1.165, 1.54) is 24.0 Å². The summed E-state index contributed by atoms with van der Waals surface area (Å²) < 4.78 is 6.25. The molecule has 0 N–H and O–H groups in total. The maximum Gasteiger partial charge on any atom is 0.120 e. The summed E-state index contributed by atoms with van der Waals surface area (Å²) in [5, 5.41) is 0. The van der Waals surface area contributed by atoms with Gasteiger partial charge in [-0.25, -0.2) is 0 Å². The summed E-state index contributed by atoms with van der Waals surface area (Å²) in [6.07, 6.45) is 3.83. The lowest BCUT2D eigenvalue weighted by Crippen LogP contribution is -2.56. The van der Waals surface area contributed by atoms with E-state index in [2.05, 4.69) is 61.8 Å². The molecule has 100 valence electrons. The van der Waals surface area contributed by atoms with Crippen molar-refractivity contribution in [3.8, 4) is 5.75 Å². The van der Waals surface area contributed by atoms with Gasteiger partial charge in [-0.2, -0.15) is 0 Å². The van der Waals surface area contributed by atoms with Crippen molar-refractivity contribution in [1.82, 2.24) is 0 Å². The molecule has 1 saturated carbocycles. The molecule has 2 rings (SSSR count). The van der Waals surface area contributed by atoms with Crippen LogP contribution in [0.15, 0.2) is 18.2 Å². The van der Waals surface area contributed by atoms with Crippen LogP contribution in [0.3, 0.4) is 0 Å². The summed E-state index contributed by atoms with van der Waals surface area (Å²) in [7, 11) is 0. The highest BCUT2D eigenvalue weighted by Crippen LogP contribution is 2.52. The van der Waals surface area contributed by atoms with Crippen LogP contribution in [0.4, 0.5) is 0 Å². The van der Waals surface area contributed by atoms with Crippen LogP contribution in [0.1, 0.15) is 44.2 Å². The van der Waals surface area contributed by atoms with Gasteiger partial charge in [0.2, 0.25) is 0 Å². The zero-order valence-electron chi connectivity index (χ0n) is 11.8. The van der Waals surface area contributed by atoms with Gasteiger partial charge in [-0.05, 0) is 56.4 Å². The van der Waals surface area contributed by atoms with E-state index in [1.54, 1.807) is 0 Å². The molecule has 0 bridgehead atoms. The summed E-state index contributed by atoms with van der Waals surface area (Å²) in [5.74, 6) is 1.03. The third-order valence-corrected chi connectivity index (χ3v) is 5.76. The fourth-order valence-electron chi connectivity index (χ4n) is 3.18. The molecule has 1 aromatic carbocycles. The first-order valence-electron chi connectivity index (χ1n) is 6.91. The molecular weight excluding hydrogens is 288 g/mol. The van der Waals surface area contributed by atoms with Crippen LogP contribution in [0.25, 0.3) is 0 Å². The van der Waals surface area contributed by atoms with Gasteiger partial charge >= 0.3 is 0 Å². The molecule has 2 heteroatoms. The quantitative estimate of drug-likeness (QED) is 0.709. The molecular formula is C16H23BrO. The normalized spacial score (nSPS) is 25.6. The fraction of sp³-hybridized carbons (Fsp3) is 0.625. The van der Waals surface area contributed by atoms with Gasteiger partial charge in [-0.15, -0.1) is 0 Å². The largest absolute Gasteiger partial charge is 0.490 e. The second-order valence-electron chi connectivity index (χ2n) is 5.57. The van der Waals surface area contributed by atoms with Crippen molar-refractivity contribution in [1.29, 1.82) is 0 Å². The minimum atomic E-state index is 0.317. The molecule has 1 aromatic rings. The highest BCUT2D eigenvalue weighted by Gasteiger charge is 2.53. The van der Waals surface area contributed by atoms with E-state index in [9.17, 15) is 0 Å². The monoisotopic (exact) mass is 310 g/mol. The van der Waals surface area contributed by atoms with E-state index in [-0.39, 0.29) is 0 Å². The molecule has 2 atom stereocenters. The van der Waals surface area contributed by atoms with Crippen LogP contribution in [0, 0.1) is 19.3 Å². The van der Waals surface area contributed by atoms with E-state index in [4.69, 9.17) is 4.74 Å². The zero-order chi connectivity index (χ0) is 13.3. The van der Waals surface area contributed by atoms with Crippen molar-refractivity contribution in [2.24, 2.45) is 5.41 Å². The second-order valence-corrected chi connectivity index (χ2v) is 6.68. The molecule has 0 amide bonds. The second kappa shape index (κ2) is 5.24. The van der Waals surface area contributed by atoms with E-state index in [0.717, 1.165) is 12.2 Å². The van der Waals surface area contributed by atoms with Crippen LogP contribution < -0.4 is 4.74 Å². The molecule has 1 aliphatic carbocycles. The van der Waals surface area contributed by atoms with E-state index in [1.807, 2.05) is 0 Å². The van der Waals surface area contributed by atoms with Gasteiger partial charge in [0.05, 0.1) is 0 Å². The van der Waals surface area contributed by atoms with Gasteiger partial charge in [0, 0.05) is 10.2 Å². The minimum Gasteiger partial charge on any atom is -0.490 e. The lowest BCUT2D eigenvalue weighted by atomic mass is 9.62. The lowest BCUT2D eigenvalue weighted by molar-refractivity contribution is -0.0411. The lowest BCUT2D eigenvalue weighted by Gasteiger charge is -2.52. The SMILES string of the molecule is CCC1(CC)C(Br)CC1Oc1cc(C)cc(C)c1. The average molecular weight is 311 g/mol. The number of rotatable bonds is 4. The number of aryl methyl sites for hydroxylation is 2. The Morgan fingerprint density at radius 2 is 1.72 bits per heavy atom. The Morgan fingerprint density at radius 3 is 2.17 bits per heavy atom. The molecule has 0 radical (unpaired) electrons. The molecule has 0 heterocycles. The van der Waals surface area contributed by atoms with Crippen molar-refractivity contribution in [3.63, 3.8) is 0 Å². The third kappa shape index (κ3) is 2.32. The molecule has 18 heavy (non-hydrogen) atoms. The highest BCUT2D eigenvalue weighted by atomic mass is 79.9. The van der Waals surface area contributed by atoms with E-state index >= 15 is 0 Å². The maximum atomic E-state index is 6.25. The molecule has 0 aliphatic heterocycles. The van der Waals surface area contributed by atoms with Gasteiger partial charge in [0.25, 0.3) is 0 Å². The van der Waals surface area contributed by atoms with Crippen LogP contribution >= 0.6 is 15.9 Å². The standard InChI is InChI=1S/C16H23BrO/c1-5-16(6-2)14(17)10-15(16)18-13-8-11(3)7-12(4)9-13/h7-9,14-15H,5-6,10H2,1-4H3. The first-order chi connectivity index (χ1) is 8.51. The number of hydrogen-bond acceptors (Lipinski definition) is 1. The molecule has 0 aromatic heterocycles. The maximum absolute atomic E-state index is 6.25. The van der Waals surface area contributed by atoms with Crippen LogP contribution in [0.2, 0.25) is 0 Å². The summed E-state index contributed by atoms with van der Waals surface area (Å²) in [5.41, 5.74) is 2.87. The minimum absolute atomic E-state index is 0.317. The Balaban J connectivity index is 2.15. The summed E-state index contributed by atoms with van der Waals surface area (Å²) >= 11 is 3.81. The Kier molecular flexibility index (Phi) is 4.05. The van der Waals surface area contributed by atoms with Crippen molar-refractivity contribution < 1.29 is 4.74 Å². The number of halogens is 1. The van der Waals surface area contributed by atoms with Crippen molar-refractivity contribution >= 4 is 15.9 Å². The zero-order valence-corrected chi connectivity index (χ0v) is 13.4. The molecule has 0 saturated heterocycles.